The molecule has 0 aliphatic carbocycles. The number of benzene rings is 2. The number of carbonyl (C=O) groups is 2. The predicted octanol–water partition coefficient (Wildman–Crippen LogP) is 5.62. The van der Waals surface area contributed by atoms with Gasteiger partial charge in [0.05, 0.1) is 22.8 Å². The lowest BCUT2D eigenvalue weighted by Crippen LogP contribution is -2.40. The summed E-state index contributed by atoms with van der Waals surface area (Å²) < 4.78 is 13.3. The zero-order valence-corrected chi connectivity index (χ0v) is 22.4. The van der Waals surface area contributed by atoms with Crippen molar-refractivity contribution in [3.05, 3.63) is 71.4 Å². The Balaban J connectivity index is 1.26. The van der Waals surface area contributed by atoms with Crippen LogP contribution >= 0.6 is 0 Å². The van der Waals surface area contributed by atoms with E-state index in [9.17, 15) is 9.59 Å². The topological polar surface area (TPSA) is 102 Å². The average molecular weight is 528 g/mol. The summed E-state index contributed by atoms with van der Waals surface area (Å²) in [6, 6.07) is 16.0. The minimum atomic E-state index is -0.281. The molecule has 1 N–H and O–H groups in total. The first-order chi connectivity index (χ1) is 19.0. The van der Waals surface area contributed by atoms with Crippen LogP contribution in [0.25, 0.3) is 22.2 Å². The largest absolute Gasteiger partial charge is 0.445 e. The highest BCUT2D eigenvalue weighted by molar-refractivity contribution is 5.84. The molecule has 2 aromatic carbocycles. The van der Waals surface area contributed by atoms with Crippen molar-refractivity contribution < 1.29 is 18.8 Å². The van der Waals surface area contributed by atoms with Crippen LogP contribution in [-0.4, -0.2) is 44.7 Å². The van der Waals surface area contributed by atoms with Crippen LogP contribution in [0.1, 0.15) is 67.0 Å². The van der Waals surface area contributed by atoms with Crippen LogP contribution in [0.5, 0.6) is 0 Å². The van der Waals surface area contributed by atoms with Gasteiger partial charge in [0.15, 0.2) is 0 Å². The molecule has 2 aromatic heterocycles. The van der Waals surface area contributed by atoms with Gasteiger partial charge in [-0.15, -0.1) is 0 Å². The molecule has 0 bridgehead atoms. The quantitative estimate of drug-likeness (QED) is 0.361. The first-order valence-corrected chi connectivity index (χ1v) is 13.7. The van der Waals surface area contributed by atoms with Crippen molar-refractivity contribution in [2.75, 3.05) is 13.1 Å². The lowest BCUT2D eigenvalue weighted by atomic mass is 10.0. The molecule has 2 saturated heterocycles. The van der Waals surface area contributed by atoms with Gasteiger partial charge < -0.3 is 24.0 Å². The normalized spacial score (nSPS) is 18.4. The Kier molecular flexibility index (Phi) is 6.81. The monoisotopic (exact) mass is 527 g/mol. The average Bonchev–Trinajstić information content (AvgIpc) is 3.51. The highest BCUT2D eigenvalue weighted by Crippen LogP contribution is 2.36. The number of nitrogens with one attached hydrogen (secondary N) is 1. The maximum atomic E-state index is 12.8. The number of likely N-dealkylation sites (tertiary alicyclic amines) is 1. The number of hydrogen-bond donors (Lipinski definition) is 1. The van der Waals surface area contributed by atoms with E-state index < -0.39 is 0 Å². The molecule has 2 aliphatic rings. The summed E-state index contributed by atoms with van der Waals surface area (Å²) in [5.41, 5.74) is 5.73. The third-order valence-corrected chi connectivity index (χ3v) is 7.88. The number of fused-ring (bicyclic) bond motifs is 1. The van der Waals surface area contributed by atoms with Crippen LogP contribution in [0.4, 0.5) is 4.79 Å². The van der Waals surface area contributed by atoms with Crippen LogP contribution in [0.15, 0.2) is 53.1 Å². The molecule has 0 spiro atoms. The van der Waals surface area contributed by atoms with Gasteiger partial charge in [0.1, 0.15) is 18.2 Å². The smallest absolute Gasteiger partial charge is 0.410 e. The fourth-order valence-electron chi connectivity index (χ4n) is 5.91. The van der Waals surface area contributed by atoms with Crippen LogP contribution < -0.4 is 5.32 Å². The van der Waals surface area contributed by atoms with E-state index >= 15 is 0 Å². The van der Waals surface area contributed by atoms with E-state index in [0.29, 0.717) is 19.5 Å². The molecule has 202 valence electrons. The fourth-order valence-corrected chi connectivity index (χ4v) is 5.91. The number of carbonyl (C=O) groups excluding carboxylic acids is 2. The summed E-state index contributed by atoms with van der Waals surface area (Å²) in [6.07, 6.45) is 3.54. The molecule has 0 saturated carbocycles. The van der Waals surface area contributed by atoms with E-state index in [4.69, 9.17) is 14.2 Å². The number of ether oxygens (including phenoxy) is 1. The molecule has 2 aliphatic heterocycles. The first-order valence-electron chi connectivity index (χ1n) is 13.7. The van der Waals surface area contributed by atoms with Crippen molar-refractivity contribution in [1.29, 1.82) is 0 Å². The minimum Gasteiger partial charge on any atom is -0.445 e. The van der Waals surface area contributed by atoms with E-state index in [2.05, 4.69) is 33.2 Å². The predicted molar refractivity (Wildman–Crippen MR) is 146 cm³/mol. The molecule has 39 heavy (non-hydrogen) atoms. The number of piperidine rings is 2. The lowest BCUT2D eigenvalue weighted by Gasteiger charge is -2.34. The van der Waals surface area contributed by atoms with E-state index in [0.717, 1.165) is 70.7 Å². The van der Waals surface area contributed by atoms with Gasteiger partial charge in [-0.25, -0.2) is 9.78 Å². The summed E-state index contributed by atoms with van der Waals surface area (Å²) in [5.74, 6) is 1.73. The number of aromatic nitrogens is 3. The van der Waals surface area contributed by atoms with Gasteiger partial charge in [-0.1, -0.05) is 41.6 Å². The number of rotatable bonds is 5. The number of aryl methyl sites for hydroxylation is 2. The molecule has 2 amide bonds. The van der Waals surface area contributed by atoms with Gasteiger partial charge in [-0.3, -0.25) is 4.79 Å². The van der Waals surface area contributed by atoms with E-state index in [1.807, 2.05) is 44.2 Å². The van der Waals surface area contributed by atoms with Gasteiger partial charge >= 0.3 is 6.09 Å². The summed E-state index contributed by atoms with van der Waals surface area (Å²) >= 11 is 0. The second-order valence-electron chi connectivity index (χ2n) is 10.5. The Morgan fingerprint density at radius 3 is 2.62 bits per heavy atom. The van der Waals surface area contributed by atoms with Gasteiger partial charge in [0.2, 0.25) is 5.91 Å². The molecule has 9 heteroatoms. The molecule has 4 aromatic rings. The first kappa shape index (κ1) is 25.2. The minimum absolute atomic E-state index is 0.0669. The van der Waals surface area contributed by atoms with Gasteiger partial charge in [-0.05, 0) is 62.8 Å². The molecular weight excluding hydrogens is 494 g/mol. The van der Waals surface area contributed by atoms with Crippen molar-refractivity contribution in [2.24, 2.45) is 0 Å². The number of nitrogens with zero attached hydrogens (tertiary/aromatic N) is 4. The molecular formula is C30H33N5O4. The zero-order valence-electron chi connectivity index (χ0n) is 22.4. The highest BCUT2D eigenvalue weighted by atomic mass is 16.6. The van der Waals surface area contributed by atoms with E-state index in [-0.39, 0.29) is 30.7 Å². The molecule has 4 heterocycles. The van der Waals surface area contributed by atoms with Crippen molar-refractivity contribution in [3.8, 4) is 11.1 Å². The molecule has 9 nitrogen and oxygen atoms in total. The van der Waals surface area contributed by atoms with Gasteiger partial charge in [0, 0.05) is 31.1 Å². The third kappa shape index (κ3) is 5.01. The number of amides is 2. The zero-order chi connectivity index (χ0) is 26.9. The third-order valence-electron chi connectivity index (χ3n) is 7.88. The Labute approximate surface area is 227 Å². The lowest BCUT2D eigenvalue weighted by molar-refractivity contribution is -0.123. The second kappa shape index (κ2) is 10.6. The summed E-state index contributed by atoms with van der Waals surface area (Å²) in [5, 5.41) is 7.27. The Hall–Kier alpha value is -4.14. The molecule has 2 fully saturated rings. The second-order valence-corrected chi connectivity index (χ2v) is 10.5. The fraction of sp³-hybridized carbons (Fsp3) is 0.400. The van der Waals surface area contributed by atoms with Crippen molar-refractivity contribution in [1.82, 2.24) is 24.9 Å². The maximum absolute atomic E-state index is 12.8. The number of hydrogen-bond acceptors (Lipinski definition) is 6. The Bertz CT molecular complexity index is 1480. The summed E-state index contributed by atoms with van der Waals surface area (Å²) in [6.45, 7) is 5.33. The van der Waals surface area contributed by atoms with Crippen LogP contribution in [0.2, 0.25) is 0 Å². The van der Waals surface area contributed by atoms with Crippen LogP contribution in [-0.2, 0) is 16.1 Å². The molecule has 6 rings (SSSR count). The van der Waals surface area contributed by atoms with E-state index in [1.165, 1.54) is 0 Å². The summed E-state index contributed by atoms with van der Waals surface area (Å²) in [4.78, 5) is 31.9. The molecule has 1 atom stereocenters. The van der Waals surface area contributed by atoms with Gasteiger partial charge in [0.25, 0.3) is 0 Å². The van der Waals surface area contributed by atoms with Crippen LogP contribution in [0.3, 0.4) is 0 Å². The molecule has 0 radical (unpaired) electrons. The maximum Gasteiger partial charge on any atom is 0.410 e. The SMILES string of the molecule is Cc1noc(C)c1-c1ccc2c(c1)nc([C@@H]1CCCC(=O)N1)n2C1CCN(C(=O)OCc2ccccc2)CC1. The standard InChI is InChI=1S/C30H33N5O4/c1-19-28(20(2)39-33-19)22-11-12-26-25(17-22)32-29(24-9-6-10-27(36)31-24)35(26)23-13-15-34(16-14-23)30(37)38-18-21-7-4-3-5-8-21/h3-5,7-8,11-12,17,23-24H,6,9-10,13-16,18H2,1-2H3,(H,31,36)/t24-/m0/s1. The Morgan fingerprint density at radius 2 is 1.90 bits per heavy atom. The summed E-state index contributed by atoms with van der Waals surface area (Å²) in [7, 11) is 0. The van der Waals surface area contributed by atoms with Crippen molar-refractivity contribution in [2.45, 2.75) is 64.6 Å². The Morgan fingerprint density at radius 1 is 1.10 bits per heavy atom. The van der Waals surface area contributed by atoms with Crippen molar-refractivity contribution >= 4 is 23.0 Å². The highest BCUT2D eigenvalue weighted by Gasteiger charge is 2.31. The number of imidazole rings is 1. The van der Waals surface area contributed by atoms with Gasteiger partial charge in [-0.2, -0.15) is 0 Å². The van der Waals surface area contributed by atoms with Crippen LogP contribution in [0, 0.1) is 13.8 Å². The molecule has 0 unspecified atom stereocenters. The van der Waals surface area contributed by atoms with E-state index in [1.54, 1.807) is 4.90 Å². The van der Waals surface area contributed by atoms with Crippen molar-refractivity contribution in [3.63, 3.8) is 0 Å².